The fraction of sp³-hybridized carbons (Fsp3) is 0.462. The van der Waals surface area contributed by atoms with Crippen LogP contribution >= 0.6 is 0 Å². The lowest BCUT2D eigenvalue weighted by Crippen LogP contribution is -2.51. The molecule has 1 aromatic carbocycles. The van der Waals surface area contributed by atoms with Crippen LogP contribution in [-0.4, -0.2) is 25.2 Å². The summed E-state index contributed by atoms with van der Waals surface area (Å²) in [6.07, 6.45) is -0.825. The van der Waals surface area contributed by atoms with Crippen molar-refractivity contribution in [3.05, 3.63) is 35.4 Å². The summed E-state index contributed by atoms with van der Waals surface area (Å²) in [6.45, 7) is 4.72. The topological polar surface area (TPSA) is 90.2 Å². The SMILES string of the molecule is CC(O)C(C)(C)NS(=O)(=O)Cc1ccccc1C#N. The van der Waals surface area contributed by atoms with Gasteiger partial charge in [0.15, 0.2) is 0 Å². The van der Waals surface area contributed by atoms with Gasteiger partial charge in [0, 0.05) is 0 Å². The van der Waals surface area contributed by atoms with E-state index in [2.05, 4.69) is 4.72 Å². The van der Waals surface area contributed by atoms with Crippen LogP contribution in [0.5, 0.6) is 0 Å². The van der Waals surface area contributed by atoms with Gasteiger partial charge in [-0.05, 0) is 32.4 Å². The molecule has 0 aliphatic carbocycles. The van der Waals surface area contributed by atoms with Crippen molar-refractivity contribution in [2.45, 2.75) is 38.2 Å². The van der Waals surface area contributed by atoms with Crippen molar-refractivity contribution in [2.24, 2.45) is 0 Å². The van der Waals surface area contributed by atoms with Crippen molar-refractivity contribution in [3.8, 4) is 6.07 Å². The number of hydrogen-bond acceptors (Lipinski definition) is 4. The van der Waals surface area contributed by atoms with Crippen LogP contribution in [0, 0.1) is 11.3 Å². The summed E-state index contributed by atoms with van der Waals surface area (Å²) in [5, 5.41) is 18.5. The smallest absolute Gasteiger partial charge is 0.216 e. The number of sulfonamides is 1. The van der Waals surface area contributed by atoms with E-state index in [4.69, 9.17) is 5.26 Å². The Hall–Kier alpha value is -1.42. The highest BCUT2D eigenvalue weighted by molar-refractivity contribution is 7.88. The first-order valence-corrected chi connectivity index (χ1v) is 7.51. The number of benzene rings is 1. The van der Waals surface area contributed by atoms with E-state index in [0.717, 1.165) is 0 Å². The molecule has 0 fully saturated rings. The quantitative estimate of drug-likeness (QED) is 0.847. The Labute approximate surface area is 113 Å². The number of nitrogens with one attached hydrogen (secondary N) is 1. The van der Waals surface area contributed by atoms with Gasteiger partial charge in [0.1, 0.15) is 0 Å². The molecule has 0 aliphatic rings. The molecule has 0 heterocycles. The van der Waals surface area contributed by atoms with E-state index in [9.17, 15) is 13.5 Å². The van der Waals surface area contributed by atoms with E-state index in [1.165, 1.54) is 6.92 Å². The summed E-state index contributed by atoms with van der Waals surface area (Å²) in [5.41, 5.74) is -0.179. The van der Waals surface area contributed by atoms with Crippen molar-refractivity contribution < 1.29 is 13.5 Å². The maximum Gasteiger partial charge on any atom is 0.216 e. The van der Waals surface area contributed by atoms with Crippen LogP contribution in [0.3, 0.4) is 0 Å². The van der Waals surface area contributed by atoms with Gasteiger partial charge in [-0.1, -0.05) is 18.2 Å². The van der Waals surface area contributed by atoms with Crippen LogP contribution in [-0.2, 0) is 15.8 Å². The summed E-state index contributed by atoms with van der Waals surface area (Å²) >= 11 is 0. The molecule has 0 saturated carbocycles. The minimum absolute atomic E-state index is 0.285. The third kappa shape index (κ3) is 4.31. The van der Waals surface area contributed by atoms with Crippen LogP contribution in [0.25, 0.3) is 0 Å². The van der Waals surface area contributed by atoms with Gasteiger partial charge in [0.25, 0.3) is 0 Å². The van der Waals surface area contributed by atoms with Crippen LogP contribution in [0.4, 0.5) is 0 Å². The van der Waals surface area contributed by atoms with E-state index < -0.39 is 21.7 Å². The fourth-order valence-corrected chi connectivity index (χ4v) is 3.19. The van der Waals surface area contributed by atoms with E-state index in [1.54, 1.807) is 38.1 Å². The first-order chi connectivity index (χ1) is 8.68. The largest absolute Gasteiger partial charge is 0.391 e. The number of aliphatic hydroxyl groups excluding tert-OH is 1. The minimum Gasteiger partial charge on any atom is -0.391 e. The number of hydrogen-bond donors (Lipinski definition) is 2. The fourth-order valence-electron chi connectivity index (χ4n) is 1.48. The molecule has 1 atom stereocenters. The van der Waals surface area contributed by atoms with E-state index in [1.807, 2.05) is 6.07 Å². The Kier molecular flexibility index (Phi) is 4.69. The van der Waals surface area contributed by atoms with Gasteiger partial charge in [0.2, 0.25) is 10.0 Å². The lowest BCUT2D eigenvalue weighted by Gasteiger charge is -2.28. The zero-order valence-electron chi connectivity index (χ0n) is 11.2. The maximum absolute atomic E-state index is 12.1. The summed E-state index contributed by atoms with van der Waals surface area (Å²) in [7, 11) is -3.63. The lowest BCUT2D eigenvalue weighted by molar-refractivity contribution is 0.111. The minimum atomic E-state index is -3.63. The molecular weight excluding hydrogens is 264 g/mol. The molecule has 1 unspecified atom stereocenters. The molecule has 0 amide bonds. The summed E-state index contributed by atoms with van der Waals surface area (Å²) in [6, 6.07) is 8.51. The van der Waals surface area contributed by atoms with Crippen molar-refractivity contribution >= 4 is 10.0 Å². The van der Waals surface area contributed by atoms with E-state index in [0.29, 0.717) is 11.1 Å². The zero-order chi connectivity index (χ0) is 14.7. The average Bonchev–Trinajstić information content (AvgIpc) is 2.27. The van der Waals surface area contributed by atoms with Gasteiger partial charge in [-0.25, -0.2) is 13.1 Å². The molecule has 6 heteroatoms. The van der Waals surface area contributed by atoms with E-state index >= 15 is 0 Å². The van der Waals surface area contributed by atoms with E-state index in [-0.39, 0.29) is 5.75 Å². The van der Waals surface area contributed by atoms with Crippen LogP contribution < -0.4 is 4.72 Å². The molecule has 0 spiro atoms. The highest BCUT2D eigenvalue weighted by Gasteiger charge is 2.29. The first kappa shape index (κ1) is 15.6. The Morgan fingerprint density at radius 1 is 1.42 bits per heavy atom. The first-order valence-electron chi connectivity index (χ1n) is 5.85. The second-order valence-electron chi connectivity index (χ2n) is 5.03. The molecule has 0 aliphatic heterocycles. The van der Waals surface area contributed by atoms with Crippen molar-refractivity contribution in [1.82, 2.24) is 4.72 Å². The Balaban J connectivity index is 2.96. The molecule has 19 heavy (non-hydrogen) atoms. The second kappa shape index (κ2) is 5.70. The average molecular weight is 282 g/mol. The lowest BCUT2D eigenvalue weighted by atomic mass is 10.0. The molecule has 1 rings (SSSR count). The summed E-state index contributed by atoms with van der Waals surface area (Å²) in [5.74, 6) is -0.285. The van der Waals surface area contributed by atoms with Gasteiger partial charge in [-0.15, -0.1) is 0 Å². The molecule has 1 aromatic rings. The summed E-state index contributed by atoms with van der Waals surface area (Å²) in [4.78, 5) is 0. The predicted octanol–water partition coefficient (Wildman–Crippen LogP) is 1.14. The summed E-state index contributed by atoms with van der Waals surface area (Å²) < 4.78 is 26.6. The standard InChI is InChI=1S/C13H18N2O3S/c1-10(16)13(2,3)15-19(17,18)9-12-7-5-4-6-11(12)8-14/h4-7,10,15-16H,9H2,1-3H3. The molecule has 0 saturated heterocycles. The van der Waals surface area contributed by atoms with Crippen LogP contribution in [0.2, 0.25) is 0 Å². The number of nitriles is 1. The molecular formula is C13H18N2O3S. The monoisotopic (exact) mass is 282 g/mol. The number of nitrogens with zero attached hydrogens (tertiary/aromatic N) is 1. The second-order valence-corrected chi connectivity index (χ2v) is 6.75. The molecule has 0 bridgehead atoms. The third-order valence-electron chi connectivity index (χ3n) is 2.95. The molecule has 2 N–H and O–H groups in total. The van der Waals surface area contributed by atoms with Crippen LogP contribution in [0.15, 0.2) is 24.3 Å². The van der Waals surface area contributed by atoms with Gasteiger partial charge in [-0.2, -0.15) is 5.26 Å². The van der Waals surface area contributed by atoms with Crippen molar-refractivity contribution in [1.29, 1.82) is 5.26 Å². The normalized spacial score (nSPS) is 13.8. The Morgan fingerprint density at radius 3 is 2.53 bits per heavy atom. The predicted molar refractivity (Wildman–Crippen MR) is 72.7 cm³/mol. The molecule has 5 nitrogen and oxygen atoms in total. The third-order valence-corrected chi connectivity index (χ3v) is 4.47. The van der Waals surface area contributed by atoms with Gasteiger partial charge >= 0.3 is 0 Å². The molecule has 0 aromatic heterocycles. The Bertz CT molecular complexity index is 586. The molecule has 0 radical (unpaired) electrons. The Morgan fingerprint density at radius 2 is 2.00 bits per heavy atom. The molecule has 104 valence electrons. The zero-order valence-corrected chi connectivity index (χ0v) is 12.0. The maximum atomic E-state index is 12.1. The number of aliphatic hydroxyl groups is 1. The number of rotatable bonds is 5. The van der Waals surface area contributed by atoms with Crippen molar-refractivity contribution in [3.63, 3.8) is 0 Å². The van der Waals surface area contributed by atoms with Gasteiger partial charge < -0.3 is 5.11 Å². The highest BCUT2D eigenvalue weighted by Crippen LogP contribution is 2.15. The van der Waals surface area contributed by atoms with Gasteiger partial charge in [-0.3, -0.25) is 0 Å². The van der Waals surface area contributed by atoms with Crippen LogP contribution in [0.1, 0.15) is 31.9 Å². The van der Waals surface area contributed by atoms with Gasteiger partial charge in [0.05, 0.1) is 29.0 Å². The highest BCUT2D eigenvalue weighted by atomic mass is 32.2. The van der Waals surface area contributed by atoms with Crippen molar-refractivity contribution in [2.75, 3.05) is 0 Å².